The van der Waals surface area contributed by atoms with E-state index in [4.69, 9.17) is 11.6 Å². The van der Waals surface area contributed by atoms with Crippen molar-refractivity contribution in [1.29, 1.82) is 0 Å². The lowest BCUT2D eigenvalue weighted by atomic mass is 10.0. The number of benzene rings is 3. The summed E-state index contributed by atoms with van der Waals surface area (Å²) in [5.41, 5.74) is 4.22. The van der Waals surface area contributed by atoms with Gasteiger partial charge in [-0.25, -0.2) is 0 Å². The number of rotatable bonds is 12. The highest BCUT2D eigenvalue weighted by molar-refractivity contribution is 6.30. The van der Waals surface area contributed by atoms with Gasteiger partial charge in [-0.2, -0.15) is 0 Å². The predicted octanol–water partition coefficient (Wildman–Crippen LogP) is 3.69. The minimum Gasteiger partial charge on any atom is -0.508 e. The summed E-state index contributed by atoms with van der Waals surface area (Å²) in [5, 5.41) is 36.5. The van der Waals surface area contributed by atoms with Crippen molar-refractivity contribution < 1.29 is 20.1 Å². The summed E-state index contributed by atoms with van der Waals surface area (Å²) in [6.45, 7) is 2.67. The Balaban J connectivity index is 1.44. The van der Waals surface area contributed by atoms with Crippen molar-refractivity contribution in [3.05, 3.63) is 99.6 Å². The summed E-state index contributed by atoms with van der Waals surface area (Å²) >= 11 is 5.90. The van der Waals surface area contributed by atoms with Crippen LogP contribution in [0.3, 0.4) is 0 Å². The Morgan fingerprint density at radius 3 is 2.49 bits per heavy atom. The molecule has 1 amide bonds. The first-order valence-corrected chi connectivity index (χ1v) is 12.1. The first-order valence-electron chi connectivity index (χ1n) is 11.8. The smallest absolute Gasteiger partial charge is 0.224 e. The van der Waals surface area contributed by atoms with Crippen molar-refractivity contribution in [1.82, 2.24) is 10.6 Å². The minimum atomic E-state index is -0.758. The number of carbonyl (C=O) groups is 1. The van der Waals surface area contributed by atoms with Crippen LogP contribution in [0.5, 0.6) is 5.75 Å². The van der Waals surface area contributed by atoms with Gasteiger partial charge in [-0.05, 0) is 66.3 Å². The maximum atomic E-state index is 12.4. The van der Waals surface area contributed by atoms with Gasteiger partial charge in [-0.3, -0.25) is 4.79 Å². The molecule has 0 aliphatic carbocycles. The van der Waals surface area contributed by atoms with Crippen molar-refractivity contribution >= 4 is 17.5 Å². The Morgan fingerprint density at radius 1 is 1.00 bits per heavy atom. The standard InChI is InChI=1S/C28H33ClN2O4/c1-19(31-17-27(34)23-7-10-26(33)24(16-23)18-32)13-21-3-2-4-22(14-21)15-28(35)30-12-11-20-5-8-25(29)9-6-20/h2-10,14,16,19,27,31-34H,11-13,15,17-18H2,1H3,(H,30,35)/t19?,27-/m0/s1. The van der Waals surface area contributed by atoms with Crippen molar-refractivity contribution in [2.24, 2.45) is 0 Å². The molecular weight excluding hydrogens is 464 g/mol. The number of carbonyl (C=O) groups excluding carboxylic acids is 1. The molecule has 5 N–H and O–H groups in total. The van der Waals surface area contributed by atoms with E-state index in [1.807, 2.05) is 55.5 Å². The fraction of sp³-hybridized carbons (Fsp3) is 0.321. The van der Waals surface area contributed by atoms with Gasteiger partial charge >= 0.3 is 0 Å². The van der Waals surface area contributed by atoms with Crippen LogP contribution in [0.25, 0.3) is 0 Å². The van der Waals surface area contributed by atoms with E-state index in [-0.39, 0.29) is 24.3 Å². The molecule has 1 unspecified atom stereocenters. The summed E-state index contributed by atoms with van der Waals surface area (Å²) in [6.07, 6.45) is 1.06. The van der Waals surface area contributed by atoms with Crippen LogP contribution >= 0.6 is 11.6 Å². The molecule has 0 saturated heterocycles. The zero-order valence-electron chi connectivity index (χ0n) is 19.9. The number of aromatic hydroxyl groups is 1. The summed E-state index contributed by atoms with van der Waals surface area (Å²) in [5.74, 6) is 0.00134. The Hall–Kier alpha value is -2.90. The molecule has 3 rings (SSSR count). The first-order chi connectivity index (χ1) is 16.8. The lowest BCUT2D eigenvalue weighted by Gasteiger charge is -2.18. The summed E-state index contributed by atoms with van der Waals surface area (Å²) in [6, 6.07) is 20.4. The third kappa shape index (κ3) is 8.67. The third-order valence-corrected chi connectivity index (χ3v) is 6.12. The number of nitrogens with one attached hydrogen (secondary N) is 2. The lowest BCUT2D eigenvalue weighted by molar-refractivity contribution is -0.120. The average Bonchev–Trinajstić information content (AvgIpc) is 2.84. The zero-order valence-corrected chi connectivity index (χ0v) is 20.6. The zero-order chi connectivity index (χ0) is 25.2. The monoisotopic (exact) mass is 496 g/mol. The average molecular weight is 497 g/mol. The van der Waals surface area contributed by atoms with Gasteiger partial charge in [0.05, 0.1) is 19.1 Å². The van der Waals surface area contributed by atoms with E-state index >= 15 is 0 Å². The second kappa shape index (κ2) is 13.3. The van der Waals surface area contributed by atoms with Gasteiger partial charge in [0.25, 0.3) is 0 Å². The number of phenols is 1. The highest BCUT2D eigenvalue weighted by Gasteiger charge is 2.13. The van der Waals surface area contributed by atoms with Crippen LogP contribution in [0, 0.1) is 0 Å². The van der Waals surface area contributed by atoms with E-state index in [1.165, 1.54) is 6.07 Å². The van der Waals surface area contributed by atoms with Crippen molar-refractivity contribution in [2.75, 3.05) is 13.1 Å². The van der Waals surface area contributed by atoms with Crippen LogP contribution in [-0.2, 0) is 30.7 Å². The van der Waals surface area contributed by atoms with Gasteiger partial charge in [0.1, 0.15) is 5.75 Å². The molecule has 0 fully saturated rings. The van der Waals surface area contributed by atoms with Crippen molar-refractivity contribution in [3.63, 3.8) is 0 Å². The largest absolute Gasteiger partial charge is 0.508 e. The Kier molecular flexibility index (Phi) is 10.1. The SMILES string of the molecule is CC(Cc1cccc(CC(=O)NCCc2ccc(Cl)cc2)c1)NC[C@H](O)c1ccc(O)c(CO)c1. The van der Waals surface area contributed by atoms with Crippen molar-refractivity contribution in [3.8, 4) is 5.75 Å². The fourth-order valence-electron chi connectivity index (χ4n) is 3.91. The number of halogens is 1. The molecule has 7 heteroatoms. The van der Waals surface area contributed by atoms with Crippen molar-refractivity contribution in [2.45, 2.75) is 44.9 Å². The van der Waals surface area contributed by atoms with Crippen LogP contribution in [0.2, 0.25) is 5.02 Å². The van der Waals surface area contributed by atoms with Gasteiger partial charge in [-0.15, -0.1) is 0 Å². The van der Waals surface area contributed by atoms with E-state index in [0.717, 1.165) is 29.5 Å². The normalized spacial score (nSPS) is 12.8. The highest BCUT2D eigenvalue weighted by atomic mass is 35.5. The Bertz CT molecular complexity index is 1100. The van der Waals surface area contributed by atoms with Gasteiger partial charge < -0.3 is 26.0 Å². The third-order valence-electron chi connectivity index (χ3n) is 5.87. The number of aliphatic hydroxyl groups is 2. The van der Waals surface area contributed by atoms with Gasteiger partial charge in [0.2, 0.25) is 5.91 Å². The molecule has 6 nitrogen and oxygen atoms in total. The maximum Gasteiger partial charge on any atom is 0.224 e. The molecule has 186 valence electrons. The van der Waals surface area contributed by atoms with E-state index in [2.05, 4.69) is 10.6 Å². The topological polar surface area (TPSA) is 102 Å². The van der Waals surface area contributed by atoms with E-state index in [1.54, 1.807) is 12.1 Å². The van der Waals surface area contributed by atoms with Crippen LogP contribution in [0.1, 0.15) is 40.8 Å². The van der Waals surface area contributed by atoms with Gasteiger partial charge in [0.15, 0.2) is 0 Å². The summed E-state index contributed by atoms with van der Waals surface area (Å²) in [7, 11) is 0. The van der Waals surface area contributed by atoms with E-state index in [0.29, 0.717) is 35.7 Å². The van der Waals surface area contributed by atoms with Crippen LogP contribution in [0.15, 0.2) is 66.7 Å². The molecule has 0 aliphatic heterocycles. The number of hydrogen-bond acceptors (Lipinski definition) is 5. The maximum absolute atomic E-state index is 12.4. The molecule has 35 heavy (non-hydrogen) atoms. The summed E-state index contributed by atoms with van der Waals surface area (Å²) < 4.78 is 0. The Morgan fingerprint density at radius 2 is 1.74 bits per heavy atom. The fourth-order valence-corrected chi connectivity index (χ4v) is 4.03. The molecule has 3 aromatic rings. The molecule has 0 saturated carbocycles. The lowest BCUT2D eigenvalue weighted by Crippen LogP contribution is -2.32. The summed E-state index contributed by atoms with van der Waals surface area (Å²) in [4.78, 5) is 12.4. The second-order valence-corrected chi connectivity index (χ2v) is 9.24. The molecule has 2 atom stereocenters. The predicted molar refractivity (Wildman–Crippen MR) is 138 cm³/mol. The number of amides is 1. The molecular formula is C28H33ClN2O4. The second-order valence-electron chi connectivity index (χ2n) is 8.80. The molecule has 3 aromatic carbocycles. The van der Waals surface area contributed by atoms with Gasteiger partial charge in [-0.1, -0.05) is 54.1 Å². The number of aliphatic hydroxyl groups excluding tert-OH is 2. The molecule has 0 bridgehead atoms. The van der Waals surface area contributed by atoms with E-state index in [9.17, 15) is 20.1 Å². The molecule has 0 aliphatic rings. The van der Waals surface area contributed by atoms with Gasteiger partial charge in [0, 0.05) is 29.7 Å². The van der Waals surface area contributed by atoms with Crippen LogP contribution in [-0.4, -0.2) is 40.4 Å². The quantitative estimate of drug-likeness (QED) is 0.263. The Labute approximate surface area is 211 Å². The van der Waals surface area contributed by atoms with Crippen LogP contribution in [0.4, 0.5) is 0 Å². The number of hydrogen-bond donors (Lipinski definition) is 5. The molecule has 0 heterocycles. The highest BCUT2D eigenvalue weighted by Crippen LogP contribution is 2.22. The first kappa shape index (κ1) is 26.7. The van der Waals surface area contributed by atoms with E-state index < -0.39 is 6.10 Å². The van der Waals surface area contributed by atoms with Crippen LogP contribution < -0.4 is 10.6 Å². The molecule has 0 spiro atoms. The minimum absolute atomic E-state index is 0.0124. The molecule has 0 aromatic heterocycles. The molecule has 0 radical (unpaired) electrons.